The Morgan fingerprint density at radius 2 is 1.98 bits per heavy atom. The lowest BCUT2D eigenvalue weighted by Gasteiger charge is -2.25. The highest BCUT2D eigenvalue weighted by molar-refractivity contribution is 7.14. The van der Waals surface area contributed by atoms with Crippen LogP contribution in [0.3, 0.4) is 0 Å². The van der Waals surface area contributed by atoms with Gasteiger partial charge in [-0.1, -0.05) is 37.0 Å². The Hall–Kier alpha value is -3.93. The third kappa shape index (κ3) is 6.13. The minimum atomic E-state index is -1.08. The first-order valence-corrected chi connectivity index (χ1v) is 14.7. The number of aliphatic carboxylic acids is 1. The number of carboxylic acid groups (broad SMARTS) is 1. The van der Waals surface area contributed by atoms with E-state index in [1.54, 1.807) is 25.4 Å². The molecular weight excluding hydrogens is 566 g/mol. The van der Waals surface area contributed by atoms with E-state index in [1.165, 1.54) is 22.9 Å². The molecule has 42 heavy (non-hydrogen) atoms. The third-order valence-corrected chi connectivity index (χ3v) is 9.00. The second-order valence-corrected chi connectivity index (χ2v) is 11.7. The molecule has 2 aromatic heterocycles. The standard InChI is InChI=1S/C30H32F2N4O5S/c1-35-24(37)10-7-18-12-20(15-33-28(18)35)22-9-8-21(41-16-31)14-23(22)26-27(32)42-30(34-26)36(2)29(40)19(13-25(38)39)11-17-5-3-4-6-17/h8-9,12,14-15,17,19H,3-7,10-11,13,16H2,1-2H3,(H,38,39)/t19-/m1/s1. The molecule has 1 N–H and O–H groups in total. The summed E-state index contributed by atoms with van der Waals surface area (Å²) in [6.07, 6.45) is 6.67. The van der Waals surface area contributed by atoms with E-state index < -0.39 is 29.8 Å². The Kier molecular flexibility index (Phi) is 8.81. The van der Waals surface area contributed by atoms with Crippen LogP contribution in [0.2, 0.25) is 0 Å². The number of pyridine rings is 1. The Morgan fingerprint density at radius 3 is 2.69 bits per heavy atom. The summed E-state index contributed by atoms with van der Waals surface area (Å²) in [5, 5.41) is 8.88. The molecule has 0 unspecified atom stereocenters. The largest absolute Gasteiger partial charge is 0.481 e. The minimum absolute atomic E-state index is 0.0271. The number of carbonyl (C=O) groups excluding carboxylic acids is 2. The van der Waals surface area contributed by atoms with E-state index in [1.807, 2.05) is 6.07 Å². The number of benzene rings is 1. The van der Waals surface area contributed by atoms with Gasteiger partial charge in [0, 0.05) is 43.8 Å². The number of nitrogens with zero attached hydrogens (tertiary/aromatic N) is 4. The van der Waals surface area contributed by atoms with Crippen molar-refractivity contribution in [2.45, 2.75) is 51.4 Å². The highest BCUT2D eigenvalue weighted by Gasteiger charge is 2.32. The zero-order chi connectivity index (χ0) is 30.0. The van der Waals surface area contributed by atoms with Crippen molar-refractivity contribution in [2.75, 3.05) is 30.8 Å². The molecule has 2 amide bonds. The number of fused-ring (bicyclic) bond motifs is 1. The van der Waals surface area contributed by atoms with E-state index in [0.717, 1.165) is 31.2 Å². The molecule has 3 aromatic rings. The fourth-order valence-electron chi connectivity index (χ4n) is 5.89. The highest BCUT2D eigenvalue weighted by atomic mass is 32.1. The average molecular weight is 599 g/mol. The first kappa shape index (κ1) is 29.6. The summed E-state index contributed by atoms with van der Waals surface area (Å²) in [5.41, 5.74) is 2.34. The first-order chi connectivity index (χ1) is 20.2. The molecule has 0 bridgehead atoms. The predicted molar refractivity (Wildman–Crippen MR) is 155 cm³/mol. The van der Waals surface area contributed by atoms with Gasteiger partial charge in [-0.05, 0) is 54.2 Å². The zero-order valence-electron chi connectivity index (χ0n) is 23.4. The lowest BCUT2D eigenvalue weighted by molar-refractivity contribution is -0.140. The second-order valence-electron chi connectivity index (χ2n) is 10.8. The van der Waals surface area contributed by atoms with Gasteiger partial charge < -0.3 is 9.84 Å². The maximum absolute atomic E-state index is 15.6. The summed E-state index contributed by atoms with van der Waals surface area (Å²) in [6.45, 7) is -1.08. The Bertz CT molecular complexity index is 1510. The van der Waals surface area contributed by atoms with Gasteiger partial charge in [-0.3, -0.25) is 24.2 Å². The number of aryl methyl sites for hydroxylation is 1. The van der Waals surface area contributed by atoms with Crippen molar-refractivity contribution >= 4 is 40.1 Å². The van der Waals surface area contributed by atoms with E-state index in [-0.39, 0.29) is 28.9 Å². The number of ether oxygens (including phenoxy) is 1. The van der Waals surface area contributed by atoms with Crippen molar-refractivity contribution in [1.82, 2.24) is 9.97 Å². The first-order valence-electron chi connectivity index (χ1n) is 13.9. The smallest absolute Gasteiger partial charge is 0.304 e. The molecule has 0 spiro atoms. The number of halogens is 2. The fourth-order valence-corrected chi connectivity index (χ4v) is 6.66. The summed E-state index contributed by atoms with van der Waals surface area (Å²) in [7, 11) is 3.14. The van der Waals surface area contributed by atoms with E-state index >= 15 is 4.39 Å². The number of aromatic nitrogens is 2. The van der Waals surface area contributed by atoms with Crippen molar-refractivity contribution in [3.05, 3.63) is 41.2 Å². The van der Waals surface area contributed by atoms with Gasteiger partial charge in [-0.2, -0.15) is 4.39 Å². The van der Waals surface area contributed by atoms with Crippen LogP contribution in [0.5, 0.6) is 5.75 Å². The van der Waals surface area contributed by atoms with Crippen LogP contribution in [0.4, 0.5) is 19.7 Å². The van der Waals surface area contributed by atoms with Crippen LogP contribution in [-0.4, -0.2) is 53.8 Å². The Morgan fingerprint density at radius 1 is 1.21 bits per heavy atom. The third-order valence-electron chi connectivity index (χ3n) is 8.08. The number of anilines is 2. The van der Waals surface area contributed by atoms with Crippen molar-refractivity contribution < 1.29 is 33.0 Å². The number of hydrogen-bond acceptors (Lipinski definition) is 7. The Labute approximate surface area is 246 Å². The molecule has 1 atom stereocenters. The van der Waals surface area contributed by atoms with Crippen LogP contribution in [0, 0.1) is 17.0 Å². The van der Waals surface area contributed by atoms with Gasteiger partial charge in [0.15, 0.2) is 5.13 Å². The minimum Gasteiger partial charge on any atom is -0.481 e. The zero-order valence-corrected chi connectivity index (χ0v) is 24.3. The van der Waals surface area contributed by atoms with Gasteiger partial charge in [-0.25, -0.2) is 14.4 Å². The summed E-state index contributed by atoms with van der Waals surface area (Å²) >= 11 is 0.676. The Balaban J connectivity index is 1.49. The number of rotatable bonds is 10. The molecule has 222 valence electrons. The monoisotopic (exact) mass is 598 g/mol. The van der Waals surface area contributed by atoms with Gasteiger partial charge in [0.1, 0.15) is 17.3 Å². The maximum atomic E-state index is 15.6. The van der Waals surface area contributed by atoms with Crippen molar-refractivity contribution in [2.24, 2.45) is 11.8 Å². The lowest BCUT2D eigenvalue weighted by atomic mass is 9.90. The van der Waals surface area contributed by atoms with Crippen molar-refractivity contribution in [3.63, 3.8) is 0 Å². The van der Waals surface area contributed by atoms with E-state index in [4.69, 9.17) is 4.74 Å². The summed E-state index contributed by atoms with van der Waals surface area (Å²) < 4.78 is 33.7. The van der Waals surface area contributed by atoms with Crippen LogP contribution in [0.1, 0.15) is 50.5 Å². The SMILES string of the molecule is CN(C(=O)[C@@H](CC(=O)O)CC1CCCC1)c1nc(-c2cc(OCF)ccc2-c2cnc3c(c2)CCC(=O)N3C)c(F)s1. The molecule has 1 aliphatic carbocycles. The van der Waals surface area contributed by atoms with E-state index in [0.29, 0.717) is 59.0 Å². The molecule has 1 saturated carbocycles. The summed E-state index contributed by atoms with van der Waals surface area (Å²) in [6, 6.07) is 6.61. The van der Waals surface area contributed by atoms with Gasteiger partial charge in [0.05, 0.1) is 6.42 Å². The molecule has 2 aliphatic rings. The van der Waals surface area contributed by atoms with Crippen molar-refractivity contribution in [1.29, 1.82) is 0 Å². The molecule has 0 radical (unpaired) electrons. The summed E-state index contributed by atoms with van der Waals surface area (Å²) in [4.78, 5) is 48.8. The van der Waals surface area contributed by atoms with Gasteiger partial charge >= 0.3 is 5.97 Å². The molecule has 9 nitrogen and oxygen atoms in total. The van der Waals surface area contributed by atoms with Crippen LogP contribution in [0.15, 0.2) is 30.5 Å². The molecule has 5 rings (SSSR count). The number of alkyl halides is 1. The topological polar surface area (TPSA) is 113 Å². The number of amides is 2. The molecule has 1 aromatic carbocycles. The fraction of sp³-hybridized carbons (Fsp3) is 0.433. The molecule has 0 saturated heterocycles. The van der Waals surface area contributed by atoms with Gasteiger partial charge in [-0.15, -0.1) is 0 Å². The number of carboxylic acids is 1. The van der Waals surface area contributed by atoms with Crippen molar-refractivity contribution in [3.8, 4) is 28.1 Å². The molecule has 1 fully saturated rings. The van der Waals surface area contributed by atoms with Crippen LogP contribution >= 0.6 is 11.3 Å². The number of thiazole rings is 1. The lowest BCUT2D eigenvalue weighted by Crippen LogP contribution is -2.35. The predicted octanol–water partition coefficient (Wildman–Crippen LogP) is 5.86. The maximum Gasteiger partial charge on any atom is 0.304 e. The molecule has 12 heteroatoms. The molecule has 1 aliphatic heterocycles. The molecule has 3 heterocycles. The highest BCUT2D eigenvalue weighted by Crippen LogP contribution is 2.41. The number of carbonyl (C=O) groups is 3. The summed E-state index contributed by atoms with van der Waals surface area (Å²) in [5.74, 6) is -1.23. The number of hydrogen-bond donors (Lipinski definition) is 1. The van der Waals surface area contributed by atoms with Crippen LogP contribution < -0.4 is 14.5 Å². The van der Waals surface area contributed by atoms with Gasteiger partial charge in [0.2, 0.25) is 23.8 Å². The van der Waals surface area contributed by atoms with Crippen LogP contribution in [-0.2, 0) is 20.8 Å². The molecular formula is C30H32F2N4O5S. The van der Waals surface area contributed by atoms with Gasteiger partial charge in [0.25, 0.3) is 0 Å². The quantitative estimate of drug-likeness (QED) is 0.311. The van der Waals surface area contributed by atoms with Crippen LogP contribution in [0.25, 0.3) is 22.4 Å². The second kappa shape index (κ2) is 12.5. The average Bonchev–Trinajstić information content (AvgIpc) is 3.63. The normalized spacial score (nSPS) is 15.9. The van der Waals surface area contributed by atoms with E-state index in [9.17, 15) is 23.9 Å². The van der Waals surface area contributed by atoms with E-state index in [2.05, 4.69) is 9.97 Å².